The summed E-state index contributed by atoms with van der Waals surface area (Å²) in [5.41, 5.74) is 3.50. The number of aromatic nitrogens is 1. The predicted molar refractivity (Wildman–Crippen MR) is 120 cm³/mol. The Balaban J connectivity index is 1.33. The van der Waals surface area contributed by atoms with Crippen LogP contribution in [0.5, 0.6) is 0 Å². The summed E-state index contributed by atoms with van der Waals surface area (Å²) in [5.74, 6) is -0.756. The van der Waals surface area contributed by atoms with E-state index in [9.17, 15) is 14.4 Å². The van der Waals surface area contributed by atoms with Crippen LogP contribution in [0.3, 0.4) is 0 Å². The summed E-state index contributed by atoms with van der Waals surface area (Å²) in [6.45, 7) is 2.30. The molecule has 1 heterocycles. The minimum absolute atomic E-state index is 0.0628. The highest BCUT2D eigenvalue weighted by molar-refractivity contribution is 7.13. The molecule has 0 spiro atoms. The Bertz CT molecular complexity index is 1030. The van der Waals surface area contributed by atoms with E-state index in [1.165, 1.54) is 16.9 Å². The van der Waals surface area contributed by atoms with Crippen LogP contribution in [0.15, 0.2) is 60.0 Å². The summed E-state index contributed by atoms with van der Waals surface area (Å²) < 4.78 is 5.23. The molecule has 0 unspecified atom stereocenters. The summed E-state index contributed by atoms with van der Waals surface area (Å²) in [4.78, 5) is 40.3. The third-order valence-corrected chi connectivity index (χ3v) is 5.50. The summed E-state index contributed by atoms with van der Waals surface area (Å²) in [7, 11) is 0. The molecule has 6 nitrogen and oxygen atoms in total. The van der Waals surface area contributed by atoms with Crippen LogP contribution in [0.1, 0.15) is 40.9 Å². The molecule has 0 aliphatic rings. The fourth-order valence-corrected chi connectivity index (χ4v) is 3.63. The van der Waals surface area contributed by atoms with Gasteiger partial charge in [0.05, 0.1) is 12.1 Å². The van der Waals surface area contributed by atoms with Crippen LogP contribution >= 0.6 is 11.3 Å². The lowest BCUT2D eigenvalue weighted by atomic mass is 10.1. The van der Waals surface area contributed by atoms with Gasteiger partial charge in [-0.3, -0.25) is 14.4 Å². The molecule has 0 aliphatic heterocycles. The van der Waals surface area contributed by atoms with E-state index >= 15 is 0 Å². The molecule has 0 aliphatic carbocycles. The third-order valence-electron chi connectivity index (χ3n) is 4.56. The average Bonchev–Trinajstić information content (AvgIpc) is 3.26. The number of hydrogen-bond donors (Lipinski definition) is 1. The summed E-state index contributed by atoms with van der Waals surface area (Å²) in [6.07, 6.45) is 0.282. The molecule has 0 fully saturated rings. The summed E-state index contributed by atoms with van der Waals surface area (Å²) in [6, 6.07) is 16.9. The number of Topliss-reactive ketones (excluding diaryl/α,β-unsaturated/α-hetero) is 1. The van der Waals surface area contributed by atoms with E-state index in [4.69, 9.17) is 4.74 Å². The maximum Gasteiger partial charge on any atom is 0.307 e. The predicted octanol–water partition coefficient (Wildman–Crippen LogP) is 4.33. The second-order valence-electron chi connectivity index (χ2n) is 7.06. The van der Waals surface area contributed by atoms with Gasteiger partial charge in [0.15, 0.2) is 5.78 Å². The Morgan fingerprint density at radius 1 is 0.968 bits per heavy atom. The average molecular weight is 437 g/mol. The second kappa shape index (κ2) is 11.2. The molecule has 1 amide bonds. The van der Waals surface area contributed by atoms with Crippen LogP contribution in [-0.2, 0) is 20.9 Å². The number of amides is 1. The molecule has 0 saturated carbocycles. The van der Waals surface area contributed by atoms with E-state index in [1.807, 2.05) is 42.6 Å². The van der Waals surface area contributed by atoms with Crippen molar-refractivity contribution in [3.05, 3.63) is 76.8 Å². The number of aryl methyl sites for hydroxylation is 1. The number of esters is 1. The van der Waals surface area contributed by atoms with E-state index in [0.29, 0.717) is 11.3 Å². The van der Waals surface area contributed by atoms with Gasteiger partial charge in [-0.15, -0.1) is 11.3 Å². The van der Waals surface area contributed by atoms with Crippen molar-refractivity contribution in [1.82, 2.24) is 10.3 Å². The van der Waals surface area contributed by atoms with Gasteiger partial charge >= 0.3 is 5.97 Å². The van der Waals surface area contributed by atoms with E-state index in [2.05, 4.69) is 10.3 Å². The second-order valence-corrected chi connectivity index (χ2v) is 7.92. The smallest absolute Gasteiger partial charge is 0.307 e. The Morgan fingerprint density at radius 3 is 2.45 bits per heavy atom. The molecule has 3 aromatic rings. The summed E-state index contributed by atoms with van der Waals surface area (Å²) >= 11 is 1.50. The molecule has 160 valence electrons. The Hall–Kier alpha value is -3.32. The zero-order valence-corrected chi connectivity index (χ0v) is 18.1. The number of ketones is 1. The highest BCUT2D eigenvalue weighted by atomic mass is 32.1. The highest BCUT2D eigenvalue weighted by Gasteiger charge is 2.11. The molecule has 1 N–H and O–H groups in total. The SMILES string of the molecule is Cc1ccc(-c2nc(COC(=O)CCNC(=O)CCC(=O)c3ccccc3)cs2)cc1. The summed E-state index contributed by atoms with van der Waals surface area (Å²) in [5, 5.41) is 5.39. The lowest BCUT2D eigenvalue weighted by Gasteiger charge is -2.06. The molecular weight excluding hydrogens is 412 g/mol. The van der Waals surface area contributed by atoms with Crippen molar-refractivity contribution in [2.75, 3.05) is 6.54 Å². The van der Waals surface area contributed by atoms with Crippen molar-refractivity contribution < 1.29 is 19.1 Å². The number of benzene rings is 2. The Kier molecular flexibility index (Phi) is 8.06. The number of nitrogens with one attached hydrogen (secondary N) is 1. The molecular formula is C24H24N2O4S. The van der Waals surface area contributed by atoms with Crippen LogP contribution in [0.4, 0.5) is 0 Å². The van der Waals surface area contributed by atoms with Gasteiger partial charge in [0.1, 0.15) is 11.6 Å². The van der Waals surface area contributed by atoms with Crippen LogP contribution in [0.2, 0.25) is 0 Å². The molecule has 2 aromatic carbocycles. The monoisotopic (exact) mass is 436 g/mol. The van der Waals surface area contributed by atoms with Crippen LogP contribution < -0.4 is 5.32 Å². The maximum absolute atomic E-state index is 12.0. The van der Waals surface area contributed by atoms with Gasteiger partial charge < -0.3 is 10.1 Å². The molecule has 1 aromatic heterocycles. The molecule has 3 rings (SSSR count). The highest BCUT2D eigenvalue weighted by Crippen LogP contribution is 2.24. The first-order valence-corrected chi connectivity index (χ1v) is 10.9. The van der Waals surface area contributed by atoms with Crippen LogP contribution in [0, 0.1) is 6.92 Å². The normalized spacial score (nSPS) is 10.5. The lowest BCUT2D eigenvalue weighted by molar-refractivity contribution is -0.144. The van der Waals surface area contributed by atoms with Gasteiger partial charge in [0.25, 0.3) is 0 Å². The minimum atomic E-state index is -0.412. The zero-order chi connectivity index (χ0) is 22.1. The number of rotatable bonds is 10. The van der Waals surface area contributed by atoms with E-state index in [-0.39, 0.29) is 44.1 Å². The number of ether oxygens (including phenoxy) is 1. The van der Waals surface area contributed by atoms with Crippen molar-refractivity contribution >= 4 is 29.0 Å². The first-order valence-electron chi connectivity index (χ1n) is 10.0. The third kappa shape index (κ3) is 7.15. The first-order chi connectivity index (χ1) is 15.0. The van der Waals surface area contributed by atoms with Gasteiger partial charge in [-0.05, 0) is 6.92 Å². The molecule has 0 radical (unpaired) electrons. The number of hydrogen-bond acceptors (Lipinski definition) is 6. The van der Waals surface area contributed by atoms with Gasteiger partial charge in [-0.2, -0.15) is 0 Å². The van der Waals surface area contributed by atoms with Gasteiger partial charge in [0, 0.05) is 35.9 Å². The molecule has 7 heteroatoms. The number of carbonyl (C=O) groups is 3. The Morgan fingerprint density at radius 2 is 1.71 bits per heavy atom. The van der Waals surface area contributed by atoms with E-state index < -0.39 is 5.97 Å². The zero-order valence-electron chi connectivity index (χ0n) is 17.3. The number of thiazole rings is 1. The van der Waals surface area contributed by atoms with Crippen molar-refractivity contribution in [3.63, 3.8) is 0 Å². The van der Waals surface area contributed by atoms with Gasteiger partial charge in [0.2, 0.25) is 5.91 Å². The number of nitrogens with zero attached hydrogens (tertiary/aromatic N) is 1. The van der Waals surface area contributed by atoms with Gasteiger partial charge in [-0.1, -0.05) is 60.2 Å². The minimum Gasteiger partial charge on any atom is -0.459 e. The maximum atomic E-state index is 12.0. The van der Waals surface area contributed by atoms with Crippen LogP contribution in [0.25, 0.3) is 10.6 Å². The lowest BCUT2D eigenvalue weighted by Crippen LogP contribution is -2.26. The molecule has 31 heavy (non-hydrogen) atoms. The first kappa shape index (κ1) is 22.4. The quantitative estimate of drug-likeness (QED) is 0.378. The van der Waals surface area contributed by atoms with Crippen molar-refractivity contribution in [2.24, 2.45) is 0 Å². The largest absolute Gasteiger partial charge is 0.459 e. The fourth-order valence-electron chi connectivity index (χ4n) is 2.82. The number of carbonyl (C=O) groups excluding carboxylic acids is 3. The molecule has 0 atom stereocenters. The topological polar surface area (TPSA) is 85.4 Å². The fraction of sp³-hybridized carbons (Fsp3) is 0.250. The molecule has 0 bridgehead atoms. The van der Waals surface area contributed by atoms with Crippen molar-refractivity contribution in [3.8, 4) is 10.6 Å². The van der Waals surface area contributed by atoms with Crippen molar-refractivity contribution in [2.45, 2.75) is 32.8 Å². The van der Waals surface area contributed by atoms with Gasteiger partial charge in [-0.25, -0.2) is 4.98 Å². The van der Waals surface area contributed by atoms with Crippen molar-refractivity contribution in [1.29, 1.82) is 0 Å². The Labute approximate surface area is 185 Å². The van der Waals surface area contributed by atoms with Crippen LogP contribution in [-0.4, -0.2) is 29.2 Å². The standard InChI is InChI=1S/C24H24N2O4S/c1-17-7-9-19(10-8-17)24-26-20(16-31-24)15-30-23(29)13-14-25-22(28)12-11-21(27)18-5-3-2-4-6-18/h2-10,16H,11-15H2,1H3,(H,25,28). The van der Waals surface area contributed by atoms with E-state index in [1.54, 1.807) is 24.3 Å². The van der Waals surface area contributed by atoms with E-state index in [0.717, 1.165) is 10.6 Å². The molecule has 0 saturated heterocycles.